The highest BCUT2D eigenvalue weighted by molar-refractivity contribution is 6.00. The standard InChI is InChI=1S/C20H23NO5/c1-4-13(2)19(20(24)25-3)21-18(23)12-26-17-10-9-14-7-5-6-8-15(14)16(17)11-22/h5-11,13,19H,4,12H2,1-3H3,(H,21,23)/t13-,19+/m0/s1. The molecule has 2 atom stereocenters. The molecule has 1 amide bonds. The molecule has 0 aliphatic carbocycles. The van der Waals surface area contributed by atoms with Crippen LogP contribution in [-0.2, 0) is 14.3 Å². The van der Waals surface area contributed by atoms with Crippen LogP contribution in [0.25, 0.3) is 10.8 Å². The van der Waals surface area contributed by atoms with Crippen molar-refractivity contribution < 1.29 is 23.9 Å². The van der Waals surface area contributed by atoms with Gasteiger partial charge in [-0.3, -0.25) is 9.59 Å². The lowest BCUT2D eigenvalue weighted by Gasteiger charge is -2.22. The Morgan fingerprint density at radius 1 is 1.19 bits per heavy atom. The zero-order chi connectivity index (χ0) is 19.1. The van der Waals surface area contributed by atoms with Crippen molar-refractivity contribution in [3.63, 3.8) is 0 Å². The summed E-state index contributed by atoms with van der Waals surface area (Å²) in [7, 11) is 1.28. The number of rotatable bonds is 8. The number of methoxy groups -OCH3 is 1. The molecular formula is C20H23NO5. The second-order valence-electron chi connectivity index (χ2n) is 6.06. The van der Waals surface area contributed by atoms with Crippen LogP contribution in [0.15, 0.2) is 36.4 Å². The summed E-state index contributed by atoms with van der Waals surface area (Å²) in [6.07, 6.45) is 1.42. The SMILES string of the molecule is CC[C@H](C)[C@@H](NC(=O)COc1ccc2ccccc2c1C=O)C(=O)OC. The molecule has 0 bridgehead atoms. The molecule has 0 radical (unpaired) electrons. The van der Waals surface area contributed by atoms with Crippen LogP contribution in [0.1, 0.15) is 30.6 Å². The molecule has 2 aromatic carbocycles. The molecule has 138 valence electrons. The minimum atomic E-state index is -0.733. The third kappa shape index (κ3) is 4.39. The number of ether oxygens (including phenoxy) is 2. The lowest BCUT2D eigenvalue weighted by molar-refractivity contribution is -0.146. The van der Waals surface area contributed by atoms with Crippen molar-refractivity contribution in [1.82, 2.24) is 5.32 Å². The van der Waals surface area contributed by atoms with E-state index in [0.29, 0.717) is 24.0 Å². The number of amides is 1. The van der Waals surface area contributed by atoms with Crippen LogP contribution in [0.5, 0.6) is 5.75 Å². The molecule has 0 aliphatic rings. The highest BCUT2D eigenvalue weighted by Gasteiger charge is 2.26. The predicted molar refractivity (Wildman–Crippen MR) is 98.2 cm³/mol. The molecule has 2 aromatic rings. The number of carbonyl (C=O) groups excluding carboxylic acids is 3. The van der Waals surface area contributed by atoms with Gasteiger partial charge in [-0.15, -0.1) is 0 Å². The van der Waals surface area contributed by atoms with Crippen molar-refractivity contribution in [2.24, 2.45) is 5.92 Å². The third-order valence-electron chi connectivity index (χ3n) is 4.39. The van der Waals surface area contributed by atoms with Crippen LogP contribution in [0.4, 0.5) is 0 Å². The molecule has 26 heavy (non-hydrogen) atoms. The zero-order valence-electron chi connectivity index (χ0n) is 15.2. The van der Waals surface area contributed by atoms with Gasteiger partial charge in [-0.2, -0.15) is 0 Å². The number of aldehydes is 1. The van der Waals surface area contributed by atoms with E-state index in [4.69, 9.17) is 9.47 Å². The summed E-state index contributed by atoms with van der Waals surface area (Å²) in [5, 5.41) is 4.30. The maximum Gasteiger partial charge on any atom is 0.328 e. The molecule has 0 unspecified atom stereocenters. The summed E-state index contributed by atoms with van der Waals surface area (Å²) >= 11 is 0. The molecular weight excluding hydrogens is 334 g/mol. The molecule has 6 heteroatoms. The van der Waals surface area contributed by atoms with Gasteiger partial charge in [-0.05, 0) is 22.8 Å². The van der Waals surface area contributed by atoms with E-state index in [1.165, 1.54) is 7.11 Å². The van der Waals surface area contributed by atoms with Crippen molar-refractivity contribution in [1.29, 1.82) is 0 Å². The molecule has 6 nitrogen and oxygen atoms in total. The van der Waals surface area contributed by atoms with Gasteiger partial charge in [-0.25, -0.2) is 4.79 Å². The molecule has 0 aliphatic heterocycles. The number of fused-ring (bicyclic) bond motifs is 1. The van der Waals surface area contributed by atoms with Crippen molar-refractivity contribution in [3.05, 3.63) is 42.0 Å². The molecule has 0 spiro atoms. The van der Waals surface area contributed by atoms with E-state index in [-0.39, 0.29) is 12.5 Å². The number of carbonyl (C=O) groups is 3. The lowest BCUT2D eigenvalue weighted by Crippen LogP contribution is -2.47. The van der Waals surface area contributed by atoms with E-state index in [1.54, 1.807) is 6.07 Å². The molecule has 0 heterocycles. The number of hydrogen-bond acceptors (Lipinski definition) is 5. The molecule has 2 rings (SSSR count). The van der Waals surface area contributed by atoms with Crippen molar-refractivity contribution in [2.45, 2.75) is 26.3 Å². The Morgan fingerprint density at radius 3 is 2.58 bits per heavy atom. The Labute approximate surface area is 152 Å². The van der Waals surface area contributed by atoms with Gasteiger partial charge in [-0.1, -0.05) is 50.6 Å². The van der Waals surface area contributed by atoms with Gasteiger partial charge < -0.3 is 14.8 Å². The second-order valence-corrected chi connectivity index (χ2v) is 6.06. The number of esters is 1. The van der Waals surface area contributed by atoms with Gasteiger partial charge in [0.25, 0.3) is 5.91 Å². The Kier molecular flexibility index (Phi) is 6.72. The lowest BCUT2D eigenvalue weighted by atomic mass is 9.99. The highest BCUT2D eigenvalue weighted by atomic mass is 16.5. The van der Waals surface area contributed by atoms with Gasteiger partial charge >= 0.3 is 5.97 Å². The largest absolute Gasteiger partial charge is 0.483 e. The van der Waals surface area contributed by atoms with Crippen LogP contribution >= 0.6 is 0 Å². The maximum atomic E-state index is 12.2. The van der Waals surface area contributed by atoms with Crippen LogP contribution in [0, 0.1) is 5.92 Å². The van der Waals surface area contributed by atoms with Crippen LogP contribution in [0.2, 0.25) is 0 Å². The third-order valence-corrected chi connectivity index (χ3v) is 4.39. The van der Waals surface area contributed by atoms with Gasteiger partial charge in [0.15, 0.2) is 12.9 Å². The molecule has 0 aromatic heterocycles. The summed E-state index contributed by atoms with van der Waals surface area (Å²) in [6.45, 7) is 3.48. The summed E-state index contributed by atoms with van der Waals surface area (Å²) in [4.78, 5) is 35.5. The summed E-state index contributed by atoms with van der Waals surface area (Å²) < 4.78 is 10.3. The Hall–Kier alpha value is -2.89. The highest BCUT2D eigenvalue weighted by Crippen LogP contribution is 2.26. The summed E-state index contributed by atoms with van der Waals surface area (Å²) in [5.41, 5.74) is 0.391. The Bertz CT molecular complexity index is 802. The van der Waals surface area contributed by atoms with Crippen LogP contribution in [0.3, 0.4) is 0 Å². The number of nitrogens with one attached hydrogen (secondary N) is 1. The smallest absolute Gasteiger partial charge is 0.328 e. The fourth-order valence-corrected chi connectivity index (χ4v) is 2.68. The fraction of sp³-hybridized carbons (Fsp3) is 0.350. The van der Waals surface area contributed by atoms with E-state index in [0.717, 1.165) is 10.8 Å². The van der Waals surface area contributed by atoms with Gasteiger partial charge in [0.2, 0.25) is 0 Å². The van der Waals surface area contributed by atoms with Gasteiger partial charge in [0.05, 0.1) is 12.7 Å². The average molecular weight is 357 g/mol. The van der Waals surface area contributed by atoms with Gasteiger partial charge in [0, 0.05) is 0 Å². The average Bonchev–Trinajstić information content (AvgIpc) is 2.68. The monoisotopic (exact) mass is 357 g/mol. The van der Waals surface area contributed by atoms with Crippen molar-refractivity contribution in [3.8, 4) is 5.75 Å². The summed E-state index contributed by atoms with van der Waals surface area (Å²) in [5.74, 6) is -0.692. The Balaban J connectivity index is 2.10. The quantitative estimate of drug-likeness (QED) is 0.580. The van der Waals surface area contributed by atoms with E-state index in [1.807, 2.05) is 44.2 Å². The van der Waals surface area contributed by atoms with Crippen molar-refractivity contribution >= 4 is 28.9 Å². The number of benzene rings is 2. The zero-order valence-corrected chi connectivity index (χ0v) is 15.2. The van der Waals surface area contributed by atoms with E-state index >= 15 is 0 Å². The topological polar surface area (TPSA) is 81.7 Å². The minimum Gasteiger partial charge on any atom is -0.483 e. The second kappa shape index (κ2) is 8.99. The molecule has 0 saturated heterocycles. The Morgan fingerprint density at radius 2 is 1.92 bits per heavy atom. The van der Waals surface area contributed by atoms with E-state index < -0.39 is 17.9 Å². The van der Waals surface area contributed by atoms with Crippen molar-refractivity contribution in [2.75, 3.05) is 13.7 Å². The molecule has 0 fully saturated rings. The van der Waals surface area contributed by atoms with Crippen LogP contribution in [-0.4, -0.2) is 37.9 Å². The van der Waals surface area contributed by atoms with E-state index in [2.05, 4.69) is 5.32 Å². The van der Waals surface area contributed by atoms with E-state index in [9.17, 15) is 14.4 Å². The molecule has 1 N–H and O–H groups in total. The summed E-state index contributed by atoms with van der Waals surface area (Å²) in [6, 6.07) is 10.2. The minimum absolute atomic E-state index is 0.0717. The first kappa shape index (κ1) is 19.4. The molecule has 0 saturated carbocycles. The normalized spacial score (nSPS) is 12.9. The number of hydrogen-bond donors (Lipinski definition) is 1. The first-order valence-corrected chi connectivity index (χ1v) is 8.48. The first-order chi connectivity index (χ1) is 12.5. The maximum absolute atomic E-state index is 12.2. The van der Waals surface area contributed by atoms with Gasteiger partial charge in [0.1, 0.15) is 11.8 Å². The predicted octanol–water partition coefficient (Wildman–Crippen LogP) is 2.74. The first-order valence-electron chi connectivity index (χ1n) is 8.48. The fourth-order valence-electron chi connectivity index (χ4n) is 2.68. The van der Waals surface area contributed by atoms with Crippen LogP contribution < -0.4 is 10.1 Å².